The fraction of sp³-hybridized carbons (Fsp3) is 0.462. The molecule has 110 valence electrons. The molecule has 0 aliphatic carbocycles. The SMILES string of the molecule is COc1cc(NC(=O)CC(C)C)c([N+](=O)[O-])cc1OC. The lowest BCUT2D eigenvalue weighted by Gasteiger charge is -2.12. The van der Waals surface area contributed by atoms with Gasteiger partial charge in [0.1, 0.15) is 5.69 Å². The monoisotopic (exact) mass is 282 g/mol. The molecule has 0 spiro atoms. The maximum absolute atomic E-state index is 11.7. The van der Waals surface area contributed by atoms with Crippen molar-refractivity contribution in [1.29, 1.82) is 0 Å². The van der Waals surface area contributed by atoms with Crippen LogP contribution in [0.4, 0.5) is 11.4 Å². The quantitative estimate of drug-likeness (QED) is 0.639. The van der Waals surface area contributed by atoms with Crippen LogP contribution in [0.2, 0.25) is 0 Å². The first-order chi connectivity index (χ1) is 9.38. The summed E-state index contributed by atoms with van der Waals surface area (Å²) in [5, 5.41) is 13.6. The number of carbonyl (C=O) groups excluding carboxylic acids is 1. The van der Waals surface area contributed by atoms with E-state index in [9.17, 15) is 14.9 Å². The molecule has 0 aliphatic rings. The molecule has 0 unspecified atom stereocenters. The average Bonchev–Trinajstić information content (AvgIpc) is 2.36. The molecule has 0 saturated heterocycles. The largest absolute Gasteiger partial charge is 0.493 e. The number of nitro groups is 1. The number of benzene rings is 1. The van der Waals surface area contributed by atoms with Gasteiger partial charge in [-0.05, 0) is 5.92 Å². The molecule has 0 aromatic heterocycles. The van der Waals surface area contributed by atoms with Gasteiger partial charge in [0.15, 0.2) is 11.5 Å². The van der Waals surface area contributed by atoms with Crippen LogP contribution in [0.5, 0.6) is 11.5 Å². The van der Waals surface area contributed by atoms with E-state index in [2.05, 4.69) is 5.32 Å². The third-order valence-corrected chi connectivity index (χ3v) is 2.57. The van der Waals surface area contributed by atoms with Crippen molar-refractivity contribution in [2.75, 3.05) is 19.5 Å². The van der Waals surface area contributed by atoms with Crippen LogP contribution in [-0.4, -0.2) is 25.1 Å². The zero-order valence-corrected chi connectivity index (χ0v) is 11.9. The van der Waals surface area contributed by atoms with E-state index in [0.717, 1.165) is 0 Å². The van der Waals surface area contributed by atoms with E-state index in [1.807, 2.05) is 13.8 Å². The average molecular weight is 282 g/mol. The van der Waals surface area contributed by atoms with Crippen LogP contribution in [0.1, 0.15) is 20.3 Å². The van der Waals surface area contributed by atoms with Crippen molar-refractivity contribution in [2.24, 2.45) is 5.92 Å². The number of methoxy groups -OCH3 is 2. The van der Waals surface area contributed by atoms with E-state index in [1.165, 1.54) is 26.4 Å². The maximum Gasteiger partial charge on any atom is 0.296 e. The van der Waals surface area contributed by atoms with E-state index < -0.39 is 4.92 Å². The number of rotatable bonds is 6. The summed E-state index contributed by atoms with van der Waals surface area (Å²) < 4.78 is 10.1. The summed E-state index contributed by atoms with van der Waals surface area (Å²) in [5.41, 5.74) is -0.141. The zero-order valence-electron chi connectivity index (χ0n) is 11.9. The summed E-state index contributed by atoms with van der Waals surface area (Å²) in [6.07, 6.45) is 0.283. The Morgan fingerprint density at radius 3 is 2.30 bits per heavy atom. The Hall–Kier alpha value is -2.31. The highest BCUT2D eigenvalue weighted by Crippen LogP contribution is 2.37. The molecule has 7 heteroatoms. The van der Waals surface area contributed by atoms with Crippen molar-refractivity contribution in [3.63, 3.8) is 0 Å². The molecule has 1 N–H and O–H groups in total. The van der Waals surface area contributed by atoms with Gasteiger partial charge in [-0.2, -0.15) is 0 Å². The predicted octanol–water partition coefficient (Wildman–Crippen LogP) is 2.60. The fourth-order valence-corrected chi connectivity index (χ4v) is 1.69. The zero-order chi connectivity index (χ0) is 15.3. The first-order valence-corrected chi connectivity index (χ1v) is 6.09. The molecule has 1 amide bonds. The molecular weight excluding hydrogens is 264 g/mol. The molecule has 1 aromatic carbocycles. The Labute approximate surface area is 117 Å². The molecule has 0 aliphatic heterocycles. The van der Waals surface area contributed by atoms with Crippen LogP contribution < -0.4 is 14.8 Å². The van der Waals surface area contributed by atoms with Gasteiger partial charge < -0.3 is 14.8 Å². The Morgan fingerprint density at radius 1 is 1.30 bits per heavy atom. The molecule has 1 rings (SSSR count). The summed E-state index contributed by atoms with van der Waals surface area (Å²) in [4.78, 5) is 22.2. The molecule has 0 bridgehead atoms. The number of nitrogens with one attached hydrogen (secondary N) is 1. The van der Waals surface area contributed by atoms with Crippen LogP contribution >= 0.6 is 0 Å². The minimum Gasteiger partial charge on any atom is -0.493 e. The molecule has 0 atom stereocenters. The van der Waals surface area contributed by atoms with Gasteiger partial charge in [-0.1, -0.05) is 13.8 Å². The third-order valence-electron chi connectivity index (χ3n) is 2.57. The van der Waals surface area contributed by atoms with Gasteiger partial charge in [-0.15, -0.1) is 0 Å². The van der Waals surface area contributed by atoms with Crippen molar-refractivity contribution >= 4 is 17.3 Å². The van der Waals surface area contributed by atoms with Crippen LogP contribution in [0, 0.1) is 16.0 Å². The molecular formula is C13H18N2O5. The Bertz CT molecular complexity index is 514. The highest BCUT2D eigenvalue weighted by atomic mass is 16.6. The summed E-state index contributed by atoms with van der Waals surface area (Å²) in [7, 11) is 2.81. The highest BCUT2D eigenvalue weighted by Gasteiger charge is 2.21. The predicted molar refractivity (Wildman–Crippen MR) is 74.3 cm³/mol. The second-order valence-corrected chi connectivity index (χ2v) is 4.63. The second-order valence-electron chi connectivity index (χ2n) is 4.63. The maximum atomic E-state index is 11.7. The van der Waals surface area contributed by atoms with Gasteiger partial charge in [-0.25, -0.2) is 0 Å². The molecule has 0 radical (unpaired) electrons. The lowest BCUT2D eigenvalue weighted by Crippen LogP contribution is -2.15. The molecule has 20 heavy (non-hydrogen) atoms. The number of nitro benzene ring substituents is 1. The number of nitrogens with zero attached hydrogens (tertiary/aromatic N) is 1. The summed E-state index contributed by atoms with van der Waals surface area (Å²) in [6, 6.07) is 2.61. The smallest absolute Gasteiger partial charge is 0.296 e. The number of anilines is 1. The van der Waals surface area contributed by atoms with Crippen LogP contribution in [-0.2, 0) is 4.79 Å². The number of amides is 1. The molecule has 0 saturated carbocycles. The van der Waals surface area contributed by atoms with Gasteiger partial charge >= 0.3 is 0 Å². The van der Waals surface area contributed by atoms with E-state index in [0.29, 0.717) is 5.75 Å². The summed E-state index contributed by atoms with van der Waals surface area (Å²) in [6.45, 7) is 3.78. The highest BCUT2D eigenvalue weighted by molar-refractivity contribution is 5.93. The third kappa shape index (κ3) is 3.84. The van der Waals surface area contributed by atoms with E-state index in [4.69, 9.17) is 9.47 Å². The standard InChI is InChI=1S/C13H18N2O5/c1-8(2)5-13(16)14-9-6-11(19-3)12(20-4)7-10(9)15(17)18/h6-8H,5H2,1-4H3,(H,14,16). The number of hydrogen-bond acceptors (Lipinski definition) is 5. The second kappa shape index (κ2) is 6.74. The van der Waals surface area contributed by atoms with E-state index in [1.54, 1.807) is 0 Å². The summed E-state index contributed by atoms with van der Waals surface area (Å²) in [5.74, 6) is 0.434. The Balaban J connectivity index is 3.15. The van der Waals surface area contributed by atoms with Gasteiger partial charge in [0.25, 0.3) is 5.69 Å². The van der Waals surface area contributed by atoms with E-state index in [-0.39, 0.29) is 35.4 Å². The lowest BCUT2D eigenvalue weighted by atomic mass is 10.1. The van der Waals surface area contributed by atoms with Crippen molar-refractivity contribution in [2.45, 2.75) is 20.3 Å². The number of carbonyl (C=O) groups is 1. The molecule has 7 nitrogen and oxygen atoms in total. The fourth-order valence-electron chi connectivity index (χ4n) is 1.69. The van der Waals surface area contributed by atoms with Crippen molar-refractivity contribution in [3.8, 4) is 11.5 Å². The first kappa shape index (κ1) is 15.7. The normalized spacial score (nSPS) is 10.2. The van der Waals surface area contributed by atoms with Crippen LogP contribution in [0.25, 0.3) is 0 Å². The van der Waals surface area contributed by atoms with Gasteiger partial charge in [0, 0.05) is 12.5 Å². The first-order valence-electron chi connectivity index (χ1n) is 6.09. The van der Waals surface area contributed by atoms with E-state index >= 15 is 0 Å². The number of ether oxygens (including phenoxy) is 2. The van der Waals surface area contributed by atoms with Crippen molar-refractivity contribution < 1.29 is 19.2 Å². The summed E-state index contributed by atoms with van der Waals surface area (Å²) >= 11 is 0. The van der Waals surface area contributed by atoms with Crippen molar-refractivity contribution in [3.05, 3.63) is 22.2 Å². The van der Waals surface area contributed by atoms with Gasteiger partial charge in [0.05, 0.1) is 25.2 Å². The molecule has 1 aromatic rings. The van der Waals surface area contributed by atoms with Gasteiger partial charge in [-0.3, -0.25) is 14.9 Å². The molecule has 0 fully saturated rings. The minimum atomic E-state index is -0.576. The van der Waals surface area contributed by atoms with Crippen LogP contribution in [0.3, 0.4) is 0 Å². The van der Waals surface area contributed by atoms with Crippen molar-refractivity contribution in [1.82, 2.24) is 0 Å². The topological polar surface area (TPSA) is 90.7 Å². The Morgan fingerprint density at radius 2 is 1.85 bits per heavy atom. The van der Waals surface area contributed by atoms with Gasteiger partial charge in [0.2, 0.25) is 5.91 Å². The number of hydrogen-bond donors (Lipinski definition) is 1. The Kier molecular flexibility index (Phi) is 5.31. The lowest BCUT2D eigenvalue weighted by molar-refractivity contribution is -0.384. The van der Waals surface area contributed by atoms with Crippen LogP contribution in [0.15, 0.2) is 12.1 Å². The minimum absolute atomic E-state index is 0.0956. The molecule has 0 heterocycles.